The lowest BCUT2D eigenvalue weighted by Gasteiger charge is -2.01. The highest BCUT2D eigenvalue weighted by atomic mass is 32.1. The number of nitrogens with two attached hydrogens (primary N) is 1. The summed E-state index contributed by atoms with van der Waals surface area (Å²) < 4.78 is 28.6. The van der Waals surface area contributed by atoms with E-state index >= 15 is 0 Å². The van der Waals surface area contributed by atoms with Gasteiger partial charge in [0, 0.05) is 23.1 Å². The predicted octanol–water partition coefficient (Wildman–Crippen LogP) is 3.22. The van der Waals surface area contributed by atoms with Crippen LogP contribution < -0.4 is 5.73 Å². The molecule has 0 bridgehead atoms. The van der Waals surface area contributed by atoms with Crippen molar-refractivity contribution in [1.82, 2.24) is 4.98 Å². The van der Waals surface area contributed by atoms with Crippen LogP contribution in [-0.4, -0.2) is 24.6 Å². The summed E-state index contributed by atoms with van der Waals surface area (Å²) in [4.78, 5) is 4.44. The van der Waals surface area contributed by atoms with Crippen LogP contribution in [0.2, 0.25) is 0 Å². The van der Waals surface area contributed by atoms with Gasteiger partial charge in [-0.05, 0) is 12.1 Å². The Labute approximate surface area is 114 Å². The number of rotatable bonds is 6. The molecule has 1 heterocycles. The van der Waals surface area contributed by atoms with Crippen molar-refractivity contribution >= 4 is 17.0 Å². The van der Waals surface area contributed by atoms with Crippen molar-refractivity contribution in [3.8, 4) is 11.3 Å². The van der Waals surface area contributed by atoms with Crippen LogP contribution in [0.25, 0.3) is 11.3 Å². The van der Waals surface area contributed by atoms with Crippen molar-refractivity contribution in [2.75, 3.05) is 18.9 Å². The zero-order chi connectivity index (χ0) is 13.7. The number of aromatic nitrogens is 1. The van der Waals surface area contributed by atoms with E-state index in [0.29, 0.717) is 12.1 Å². The van der Waals surface area contributed by atoms with E-state index in [0.717, 1.165) is 16.3 Å². The lowest BCUT2D eigenvalue weighted by atomic mass is 10.1. The summed E-state index contributed by atoms with van der Waals surface area (Å²) >= 11 is 1.50. The van der Waals surface area contributed by atoms with Gasteiger partial charge in [-0.3, -0.25) is 0 Å². The first-order valence-electron chi connectivity index (χ1n) is 5.81. The van der Waals surface area contributed by atoms with E-state index < -0.39 is 13.0 Å². The number of ether oxygens (including phenoxy) is 1. The highest BCUT2D eigenvalue weighted by Gasteiger charge is 2.06. The minimum Gasteiger partial charge on any atom is -0.399 e. The zero-order valence-electron chi connectivity index (χ0n) is 10.2. The second-order valence-electron chi connectivity index (χ2n) is 3.96. The van der Waals surface area contributed by atoms with Crippen molar-refractivity contribution in [3.63, 3.8) is 0 Å². The lowest BCUT2D eigenvalue weighted by Crippen LogP contribution is -2.06. The minimum atomic E-state index is -2.42. The molecular formula is C13H14F2N2OS. The molecule has 19 heavy (non-hydrogen) atoms. The van der Waals surface area contributed by atoms with Gasteiger partial charge in [0.25, 0.3) is 6.43 Å². The molecular weight excluding hydrogens is 270 g/mol. The van der Waals surface area contributed by atoms with Gasteiger partial charge in [0.2, 0.25) is 0 Å². The third-order valence-corrected chi connectivity index (χ3v) is 3.37. The third-order valence-electron chi connectivity index (χ3n) is 2.46. The standard InChI is InChI=1S/C13H14F2N2OS/c14-12(15)7-18-6-5-13-17-11(8-19-13)9-1-3-10(16)4-2-9/h1-4,8,12H,5-7,16H2. The number of thiazole rings is 1. The van der Waals surface area contributed by atoms with Gasteiger partial charge in [0.05, 0.1) is 17.3 Å². The molecule has 1 aromatic heterocycles. The predicted molar refractivity (Wildman–Crippen MR) is 72.5 cm³/mol. The molecule has 0 aliphatic heterocycles. The smallest absolute Gasteiger partial charge is 0.261 e. The van der Waals surface area contributed by atoms with Crippen LogP contribution >= 0.6 is 11.3 Å². The van der Waals surface area contributed by atoms with E-state index in [1.54, 1.807) is 0 Å². The summed E-state index contributed by atoms with van der Waals surface area (Å²) in [7, 11) is 0. The van der Waals surface area contributed by atoms with Crippen molar-refractivity contribution in [1.29, 1.82) is 0 Å². The molecule has 0 unspecified atom stereocenters. The van der Waals surface area contributed by atoms with Crippen LogP contribution in [0.5, 0.6) is 0 Å². The van der Waals surface area contributed by atoms with Crippen molar-refractivity contribution < 1.29 is 13.5 Å². The number of nitrogen functional groups attached to an aromatic ring is 1. The molecule has 0 aliphatic carbocycles. The van der Waals surface area contributed by atoms with E-state index in [2.05, 4.69) is 4.98 Å². The second-order valence-corrected chi connectivity index (χ2v) is 4.91. The average molecular weight is 284 g/mol. The Bertz CT molecular complexity index is 514. The van der Waals surface area contributed by atoms with E-state index in [4.69, 9.17) is 10.5 Å². The Morgan fingerprint density at radius 2 is 2.00 bits per heavy atom. The molecule has 0 spiro atoms. The van der Waals surface area contributed by atoms with Gasteiger partial charge >= 0.3 is 0 Å². The Morgan fingerprint density at radius 3 is 2.68 bits per heavy atom. The molecule has 102 valence electrons. The summed E-state index contributed by atoms with van der Waals surface area (Å²) in [5.41, 5.74) is 8.19. The largest absolute Gasteiger partial charge is 0.399 e. The summed E-state index contributed by atoms with van der Waals surface area (Å²) in [5, 5.41) is 2.81. The monoisotopic (exact) mass is 284 g/mol. The van der Waals surface area contributed by atoms with Gasteiger partial charge < -0.3 is 10.5 Å². The van der Waals surface area contributed by atoms with Gasteiger partial charge in [0.1, 0.15) is 6.61 Å². The fourth-order valence-electron chi connectivity index (χ4n) is 1.54. The normalized spacial score (nSPS) is 11.1. The second kappa shape index (κ2) is 6.58. The number of halogens is 2. The molecule has 0 aliphatic rings. The molecule has 0 radical (unpaired) electrons. The molecule has 0 saturated carbocycles. The Hall–Kier alpha value is -1.53. The highest BCUT2D eigenvalue weighted by molar-refractivity contribution is 7.09. The fraction of sp³-hybridized carbons (Fsp3) is 0.308. The van der Waals surface area contributed by atoms with Gasteiger partial charge in [-0.15, -0.1) is 11.3 Å². The molecule has 0 saturated heterocycles. The summed E-state index contributed by atoms with van der Waals surface area (Å²) in [5.74, 6) is 0. The van der Waals surface area contributed by atoms with Crippen LogP contribution in [0.4, 0.5) is 14.5 Å². The molecule has 6 heteroatoms. The maximum absolute atomic E-state index is 11.9. The Balaban J connectivity index is 1.90. The van der Waals surface area contributed by atoms with E-state index in [1.165, 1.54) is 11.3 Å². The van der Waals surface area contributed by atoms with Crippen LogP contribution in [0.1, 0.15) is 5.01 Å². The van der Waals surface area contributed by atoms with Gasteiger partial charge in [0.15, 0.2) is 0 Å². The maximum atomic E-state index is 11.9. The molecule has 2 aromatic rings. The summed E-state index contributed by atoms with van der Waals surface area (Å²) in [6.07, 6.45) is -1.87. The molecule has 2 rings (SSSR count). The van der Waals surface area contributed by atoms with Crippen molar-refractivity contribution in [2.24, 2.45) is 0 Å². The van der Waals surface area contributed by atoms with Gasteiger partial charge in [-0.1, -0.05) is 12.1 Å². The van der Waals surface area contributed by atoms with Crippen LogP contribution in [0, 0.1) is 0 Å². The number of anilines is 1. The molecule has 0 amide bonds. The lowest BCUT2D eigenvalue weighted by molar-refractivity contribution is 0.0187. The number of alkyl halides is 2. The number of nitrogens with zero attached hydrogens (tertiary/aromatic N) is 1. The van der Waals surface area contributed by atoms with E-state index in [9.17, 15) is 8.78 Å². The van der Waals surface area contributed by atoms with Gasteiger partial charge in [-0.25, -0.2) is 13.8 Å². The van der Waals surface area contributed by atoms with Crippen molar-refractivity contribution in [2.45, 2.75) is 12.8 Å². The van der Waals surface area contributed by atoms with Crippen molar-refractivity contribution in [3.05, 3.63) is 34.7 Å². The Morgan fingerprint density at radius 1 is 1.26 bits per heavy atom. The van der Waals surface area contributed by atoms with Crippen LogP contribution in [0.3, 0.4) is 0 Å². The SMILES string of the molecule is Nc1ccc(-c2csc(CCOCC(F)F)n2)cc1. The Kier molecular flexibility index (Phi) is 4.81. The number of benzene rings is 1. The maximum Gasteiger partial charge on any atom is 0.261 e. The number of hydrogen-bond acceptors (Lipinski definition) is 4. The van der Waals surface area contributed by atoms with E-state index in [-0.39, 0.29) is 6.61 Å². The highest BCUT2D eigenvalue weighted by Crippen LogP contribution is 2.23. The first kappa shape index (κ1) is 13.9. The fourth-order valence-corrected chi connectivity index (χ4v) is 2.33. The van der Waals surface area contributed by atoms with Crippen LogP contribution in [-0.2, 0) is 11.2 Å². The van der Waals surface area contributed by atoms with E-state index in [1.807, 2.05) is 29.6 Å². The summed E-state index contributed by atoms with van der Waals surface area (Å²) in [6.45, 7) is -0.255. The molecule has 2 N–H and O–H groups in total. The molecule has 0 fully saturated rings. The first-order chi connectivity index (χ1) is 9.15. The molecule has 1 aromatic carbocycles. The first-order valence-corrected chi connectivity index (χ1v) is 6.69. The third kappa shape index (κ3) is 4.25. The number of hydrogen-bond donors (Lipinski definition) is 1. The average Bonchev–Trinajstić information content (AvgIpc) is 2.84. The minimum absolute atomic E-state index is 0.263. The summed E-state index contributed by atoms with van der Waals surface area (Å²) in [6, 6.07) is 7.45. The van der Waals surface area contributed by atoms with Crippen LogP contribution in [0.15, 0.2) is 29.6 Å². The quantitative estimate of drug-likeness (QED) is 0.654. The topological polar surface area (TPSA) is 48.1 Å². The van der Waals surface area contributed by atoms with Gasteiger partial charge in [-0.2, -0.15) is 0 Å². The zero-order valence-corrected chi connectivity index (χ0v) is 11.0. The molecule has 0 atom stereocenters. The molecule has 3 nitrogen and oxygen atoms in total.